The molecule has 1 aliphatic rings. The maximum atomic E-state index is 14.8. The Hall–Kier alpha value is -4.14. The Morgan fingerprint density at radius 1 is 1.15 bits per heavy atom. The van der Waals surface area contributed by atoms with Crippen molar-refractivity contribution in [2.45, 2.75) is 19.3 Å². The summed E-state index contributed by atoms with van der Waals surface area (Å²) in [4.78, 5) is 22.7. The molecule has 0 bridgehead atoms. The van der Waals surface area contributed by atoms with E-state index in [4.69, 9.17) is 10.5 Å². The summed E-state index contributed by atoms with van der Waals surface area (Å²) in [7, 11) is 1.65. The van der Waals surface area contributed by atoms with E-state index in [1.807, 2.05) is 18.2 Å². The molecular formula is C25H25FN6O2. The summed E-state index contributed by atoms with van der Waals surface area (Å²) in [6.07, 6.45) is 6.18. The van der Waals surface area contributed by atoms with E-state index in [0.29, 0.717) is 22.2 Å². The maximum absolute atomic E-state index is 14.8. The van der Waals surface area contributed by atoms with Crippen molar-refractivity contribution in [2.75, 3.05) is 30.4 Å². The summed E-state index contributed by atoms with van der Waals surface area (Å²) in [5.74, 6) is -0.249. The molecule has 5 rings (SSSR count). The molecular weight excluding hydrogens is 435 g/mol. The predicted octanol–water partition coefficient (Wildman–Crippen LogP) is 4.40. The molecule has 0 spiro atoms. The van der Waals surface area contributed by atoms with Gasteiger partial charge in [0.05, 0.1) is 30.1 Å². The van der Waals surface area contributed by atoms with Crippen LogP contribution in [0, 0.1) is 5.82 Å². The van der Waals surface area contributed by atoms with Gasteiger partial charge in [-0.05, 0) is 37.5 Å². The van der Waals surface area contributed by atoms with Crippen LogP contribution in [0.15, 0.2) is 54.9 Å². The first-order valence-corrected chi connectivity index (χ1v) is 11.2. The van der Waals surface area contributed by atoms with Gasteiger partial charge in [-0.1, -0.05) is 18.2 Å². The number of hydrogen-bond acceptors (Lipinski definition) is 6. The van der Waals surface area contributed by atoms with E-state index in [-0.39, 0.29) is 11.8 Å². The molecule has 9 heteroatoms. The van der Waals surface area contributed by atoms with Gasteiger partial charge in [0.25, 0.3) is 5.91 Å². The van der Waals surface area contributed by atoms with Gasteiger partial charge in [0, 0.05) is 36.4 Å². The van der Waals surface area contributed by atoms with Crippen molar-refractivity contribution < 1.29 is 13.9 Å². The van der Waals surface area contributed by atoms with Crippen molar-refractivity contribution in [3.63, 3.8) is 0 Å². The number of halogens is 1. The number of methoxy groups -OCH3 is 1. The highest BCUT2D eigenvalue weighted by Crippen LogP contribution is 2.34. The van der Waals surface area contributed by atoms with Gasteiger partial charge in [-0.2, -0.15) is 4.98 Å². The molecule has 0 radical (unpaired) electrons. The van der Waals surface area contributed by atoms with Crippen LogP contribution < -0.4 is 20.7 Å². The molecule has 2 aromatic heterocycles. The first kappa shape index (κ1) is 21.7. The highest BCUT2D eigenvalue weighted by atomic mass is 19.1. The zero-order valence-electron chi connectivity index (χ0n) is 18.8. The predicted molar refractivity (Wildman–Crippen MR) is 130 cm³/mol. The largest absolute Gasteiger partial charge is 0.495 e. The number of para-hydroxylation sites is 1. The molecule has 174 valence electrons. The summed E-state index contributed by atoms with van der Waals surface area (Å²) < 4.78 is 21.9. The monoisotopic (exact) mass is 460 g/mol. The Kier molecular flexibility index (Phi) is 5.75. The quantitative estimate of drug-likeness (QED) is 0.443. The Bertz CT molecular complexity index is 1360. The minimum Gasteiger partial charge on any atom is -0.495 e. The second kappa shape index (κ2) is 9.01. The summed E-state index contributed by atoms with van der Waals surface area (Å²) in [5.41, 5.74) is 8.20. The molecule has 3 heterocycles. The summed E-state index contributed by atoms with van der Waals surface area (Å²) in [6, 6.07) is 13.0. The molecule has 4 aromatic rings. The SMILES string of the molecule is COc1cc(Nc2ncc(F)c(-n3cc(C(N)=O)c4ccccc43)n2)ccc1N1CCCCC1. The van der Waals surface area contributed by atoms with Gasteiger partial charge in [0.15, 0.2) is 11.6 Å². The number of nitrogens with one attached hydrogen (secondary N) is 1. The van der Waals surface area contributed by atoms with Crippen molar-refractivity contribution >= 4 is 34.1 Å². The van der Waals surface area contributed by atoms with Gasteiger partial charge in [0.1, 0.15) is 5.75 Å². The molecule has 8 nitrogen and oxygen atoms in total. The Labute approximate surface area is 196 Å². The van der Waals surface area contributed by atoms with Gasteiger partial charge >= 0.3 is 0 Å². The number of amides is 1. The number of carbonyl (C=O) groups is 1. The molecule has 1 saturated heterocycles. The number of fused-ring (bicyclic) bond motifs is 1. The standard InChI is InChI=1S/C25H25FN6O2/c1-34-22-13-16(9-10-21(22)31-11-5-2-6-12-31)29-25-28-14-19(26)24(30-25)32-15-18(23(27)33)17-7-3-4-8-20(17)32/h3-4,7-10,13-15H,2,5-6,11-12H2,1H3,(H2,27,33)(H,28,29,30). The fraction of sp³-hybridized carbons (Fsp3) is 0.240. The van der Waals surface area contributed by atoms with Crippen molar-refractivity contribution in [1.29, 1.82) is 0 Å². The van der Waals surface area contributed by atoms with Gasteiger partial charge < -0.3 is 20.7 Å². The highest BCUT2D eigenvalue weighted by Gasteiger charge is 2.19. The smallest absolute Gasteiger partial charge is 0.250 e. The Morgan fingerprint density at radius 3 is 2.71 bits per heavy atom. The number of piperidine rings is 1. The van der Waals surface area contributed by atoms with Gasteiger partial charge in [-0.25, -0.2) is 9.37 Å². The molecule has 0 aliphatic carbocycles. The van der Waals surface area contributed by atoms with Crippen LogP contribution in [0.25, 0.3) is 16.7 Å². The van der Waals surface area contributed by atoms with Crippen LogP contribution >= 0.6 is 0 Å². The van der Waals surface area contributed by atoms with Crippen LogP contribution in [0.2, 0.25) is 0 Å². The van der Waals surface area contributed by atoms with E-state index in [2.05, 4.69) is 20.2 Å². The number of aromatic nitrogens is 3. The molecule has 1 fully saturated rings. The number of hydrogen-bond donors (Lipinski definition) is 2. The molecule has 34 heavy (non-hydrogen) atoms. The van der Waals surface area contributed by atoms with E-state index in [1.54, 1.807) is 31.4 Å². The Morgan fingerprint density at radius 2 is 1.94 bits per heavy atom. The first-order valence-electron chi connectivity index (χ1n) is 11.2. The zero-order chi connectivity index (χ0) is 23.7. The average Bonchev–Trinajstić information content (AvgIpc) is 3.25. The first-order chi connectivity index (χ1) is 16.5. The summed E-state index contributed by atoms with van der Waals surface area (Å²) >= 11 is 0. The third-order valence-electron chi connectivity index (χ3n) is 6.06. The number of ether oxygens (including phenoxy) is 1. The molecule has 3 N–H and O–H groups in total. The number of nitrogens with zero attached hydrogens (tertiary/aromatic N) is 4. The number of benzene rings is 2. The molecule has 1 aliphatic heterocycles. The van der Waals surface area contributed by atoms with Crippen LogP contribution in [0.3, 0.4) is 0 Å². The lowest BCUT2D eigenvalue weighted by Crippen LogP contribution is -2.29. The highest BCUT2D eigenvalue weighted by molar-refractivity contribution is 6.06. The van der Waals surface area contributed by atoms with Crippen molar-refractivity contribution in [2.24, 2.45) is 5.73 Å². The maximum Gasteiger partial charge on any atom is 0.250 e. The van der Waals surface area contributed by atoms with Crippen molar-refractivity contribution in [1.82, 2.24) is 14.5 Å². The number of carbonyl (C=O) groups excluding carboxylic acids is 1. The lowest BCUT2D eigenvalue weighted by molar-refractivity contribution is 0.100. The van der Waals surface area contributed by atoms with Crippen LogP contribution in [0.5, 0.6) is 5.75 Å². The van der Waals surface area contributed by atoms with E-state index in [1.165, 1.54) is 30.0 Å². The van der Waals surface area contributed by atoms with E-state index >= 15 is 0 Å². The molecule has 0 unspecified atom stereocenters. The lowest BCUT2D eigenvalue weighted by atomic mass is 10.1. The minimum absolute atomic E-state index is 0.0121. The van der Waals surface area contributed by atoms with E-state index < -0.39 is 11.7 Å². The molecule has 0 atom stereocenters. The zero-order valence-corrected chi connectivity index (χ0v) is 18.8. The summed E-state index contributed by atoms with van der Waals surface area (Å²) in [6.45, 7) is 2.01. The van der Waals surface area contributed by atoms with Crippen LogP contribution in [0.4, 0.5) is 21.7 Å². The fourth-order valence-electron chi connectivity index (χ4n) is 4.42. The van der Waals surface area contributed by atoms with Gasteiger partial charge in [0.2, 0.25) is 5.95 Å². The fourth-order valence-corrected chi connectivity index (χ4v) is 4.42. The number of primary amides is 1. The topological polar surface area (TPSA) is 98.3 Å². The number of nitrogens with two attached hydrogens (primary N) is 1. The second-order valence-electron chi connectivity index (χ2n) is 8.22. The van der Waals surface area contributed by atoms with Crippen LogP contribution in [0.1, 0.15) is 29.6 Å². The molecule has 2 aromatic carbocycles. The average molecular weight is 461 g/mol. The third kappa shape index (κ3) is 4.00. The lowest BCUT2D eigenvalue weighted by Gasteiger charge is -2.30. The van der Waals surface area contributed by atoms with Gasteiger partial charge in [-0.15, -0.1) is 0 Å². The molecule has 1 amide bonds. The summed E-state index contributed by atoms with van der Waals surface area (Å²) in [5, 5.41) is 3.76. The normalized spacial score (nSPS) is 13.8. The molecule has 0 saturated carbocycles. The second-order valence-corrected chi connectivity index (χ2v) is 8.22. The number of rotatable bonds is 6. The van der Waals surface area contributed by atoms with Crippen LogP contribution in [-0.2, 0) is 0 Å². The van der Waals surface area contributed by atoms with E-state index in [0.717, 1.165) is 30.7 Å². The van der Waals surface area contributed by atoms with Crippen molar-refractivity contribution in [3.05, 3.63) is 66.2 Å². The third-order valence-corrected chi connectivity index (χ3v) is 6.06. The van der Waals surface area contributed by atoms with Crippen LogP contribution in [-0.4, -0.2) is 40.6 Å². The number of anilines is 3. The van der Waals surface area contributed by atoms with Gasteiger partial charge in [-0.3, -0.25) is 9.36 Å². The Balaban J connectivity index is 1.49. The minimum atomic E-state index is -0.625. The van der Waals surface area contributed by atoms with Crippen molar-refractivity contribution in [3.8, 4) is 11.6 Å². The van der Waals surface area contributed by atoms with E-state index in [9.17, 15) is 9.18 Å².